The first kappa shape index (κ1) is 24.2. The van der Waals surface area contributed by atoms with Crippen molar-refractivity contribution in [2.24, 2.45) is 12.0 Å². The highest BCUT2D eigenvalue weighted by Crippen LogP contribution is 2.20. The molecule has 0 saturated heterocycles. The molecule has 0 aliphatic carbocycles. The molecule has 11 heteroatoms. The first-order valence-corrected chi connectivity index (χ1v) is 10.7. The Morgan fingerprint density at radius 3 is 2.59 bits per heavy atom. The molecular formula is C16H25ClIN5O2S2. The highest BCUT2D eigenvalue weighted by molar-refractivity contribution is 14.0. The first-order chi connectivity index (χ1) is 12.2. The minimum atomic E-state index is -3.46. The number of aliphatic imine (C=N–C) groups is 1. The van der Waals surface area contributed by atoms with Crippen LogP contribution in [0.25, 0.3) is 0 Å². The van der Waals surface area contributed by atoms with Crippen LogP contribution in [0.4, 0.5) is 0 Å². The Morgan fingerprint density at radius 2 is 2.07 bits per heavy atom. The standard InChI is InChI=1S/C16H24ClN5O2S2.HI/c1-12-5-6-15(25-12)26(23,24)20-8-7-19-16(18-2)22(4)11-14-9-13(17)10-21(14)3;/h5-6,9-10,20H,7-8,11H2,1-4H3,(H,18,19);1H. The monoisotopic (exact) mass is 545 g/mol. The Bertz CT molecular complexity index is 879. The van der Waals surface area contributed by atoms with E-state index >= 15 is 0 Å². The second kappa shape index (κ2) is 10.6. The number of hydrogen-bond acceptors (Lipinski definition) is 4. The van der Waals surface area contributed by atoms with Gasteiger partial charge in [-0.05, 0) is 25.1 Å². The molecule has 2 aromatic heterocycles. The number of nitrogens with one attached hydrogen (secondary N) is 2. The van der Waals surface area contributed by atoms with Gasteiger partial charge in [-0.25, -0.2) is 13.1 Å². The van der Waals surface area contributed by atoms with Gasteiger partial charge in [0.15, 0.2) is 5.96 Å². The van der Waals surface area contributed by atoms with Gasteiger partial charge in [0, 0.05) is 51.0 Å². The summed E-state index contributed by atoms with van der Waals surface area (Å²) in [5.74, 6) is 0.675. The second-order valence-electron chi connectivity index (χ2n) is 5.85. The number of rotatable bonds is 7. The largest absolute Gasteiger partial charge is 0.355 e. The van der Waals surface area contributed by atoms with Crippen molar-refractivity contribution >= 4 is 62.9 Å². The molecule has 0 fully saturated rings. The van der Waals surface area contributed by atoms with Crippen molar-refractivity contribution in [3.63, 3.8) is 0 Å². The Kier molecular flexibility index (Phi) is 9.55. The fraction of sp³-hybridized carbons (Fsp3) is 0.438. The van der Waals surface area contributed by atoms with Crippen molar-refractivity contribution < 1.29 is 8.42 Å². The summed E-state index contributed by atoms with van der Waals surface area (Å²) in [5.41, 5.74) is 1.05. The Labute approximate surface area is 186 Å². The van der Waals surface area contributed by atoms with Crippen LogP contribution >= 0.6 is 46.9 Å². The van der Waals surface area contributed by atoms with Crippen LogP contribution in [0.3, 0.4) is 0 Å². The van der Waals surface area contributed by atoms with Crippen LogP contribution in [-0.4, -0.2) is 51.0 Å². The van der Waals surface area contributed by atoms with Gasteiger partial charge in [0.05, 0.1) is 11.6 Å². The van der Waals surface area contributed by atoms with E-state index < -0.39 is 10.0 Å². The number of nitrogens with zero attached hydrogens (tertiary/aromatic N) is 3. The third-order valence-corrected chi connectivity index (χ3v) is 6.89. The molecule has 0 atom stereocenters. The second-order valence-corrected chi connectivity index (χ2v) is 9.57. The van der Waals surface area contributed by atoms with Crippen molar-refractivity contribution in [1.82, 2.24) is 19.5 Å². The van der Waals surface area contributed by atoms with Crippen molar-refractivity contribution in [2.45, 2.75) is 17.7 Å². The van der Waals surface area contributed by atoms with E-state index in [9.17, 15) is 8.42 Å². The number of hydrogen-bond donors (Lipinski definition) is 2. The normalized spacial score (nSPS) is 12.0. The van der Waals surface area contributed by atoms with Gasteiger partial charge in [-0.2, -0.15) is 0 Å². The van der Waals surface area contributed by atoms with E-state index in [2.05, 4.69) is 15.0 Å². The molecule has 0 aromatic carbocycles. The molecule has 0 aliphatic heterocycles. The van der Waals surface area contributed by atoms with E-state index in [4.69, 9.17) is 11.6 Å². The van der Waals surface area contributed by atoms with Crippen molar-refractivity contribution in [2.75, 3.05) is 27.2 Å². The molecule has 0 spiro atoms. The summed E-state index contributed by atoms with van der Waals surface area (Å²) in [7, 11) is 2.08. The lowest BCUT2D eigenvalue weighted by atomic mass is 10.4. The van der Waals surface area contributed by atoms with Crippen molar-refractivity contribution in [3.8, 4) is 0 Å². The van der Waals surface area contributed by atoms with E-state index in [1.54, 1.807) is 19.2 Å². The van der Waals surface area contributed by atoms with Crippen LogP contribution in [0, 0.1) is 6.92 Å². The molecule has 0 radical (unpaired) electrons. The molecule has 0 aliphatic rings. The third kappa shape index (κ3) is 6.93. The maximum absolute atomic E-state index is 12.2. The SMILES string of the molecule is CN=C(NCCNS(=O)(=O)c1ccc(C)s1)N(C)Cc1cc(Cl)cn1C.I. The van der Waals surface area contributed by atoms with E-state index in [-0.39, 0.29) is 30.5 Å². The quantitative estimate of drug-likeness (QED) is 0.243. The van der Waals surface area contributed by atoms with Crippen molar-refractivity contribution in [3.05, 3.63) is 40.0 Å². The summed E-state index contributed by atoms with van der Waals surface area (Å²) < 4.78 is 29.3. The Hall–Kier alpha value is -0.820. The summed E-state index contributed by atoms with van der Waals surface area (Å²) in [5, 5.41) is 3.85. The number of thiophene rings is 1. The molecule has 2 heterocycles. The smallest absolute Gasteiger partial charge is 0.250 e. The molecular weight excluding hydrogens is 521 g/mol. The van der Waals surface area contributed by atoms with Crippen LogP contribution in [0.2, 0.25) is 5.02 Å². The van der Waals surface area contributed by atoms with Crippen LogP contribution in [0.15, 0.2) is 33.6 Å². The summed E-state index contributed by atoms with van der Waals surface area (Å²) in [6.45, 7) is 3.20. The zero-order valence-corrected chi connectivity index (χ0v) is 20.4. The maximum Gasteiger partial charge on any atom is 0.250 e. The topological polar surface area (TPSA) is 78.7 Å². The zero-order chi connectivity index (χ0) is 19.3. The van der Waals surface area contributed by atoms with Gasteiger partial charge < -0.3 is 14.8 Å². The number of aryl methyl sites for hydroxylation is 2. The zero-order valence-electron chi connectivity index (χ0n) is 15.7. The van der Waals surface area contributed by atoms with Gasteiger partial charge in [-0.1, -0.05) is 11.6 Å². The highest BCUT2D eigenvalue weighted by Gasteiger charge is 2.15. The van der Waals surface area contributed by atoms with Crippen LogP contribution in [0.5, 0.6) is 0 Å². The molecule has 27 heavy (non-hydrogen) atoms. The molecule has 152 valence electrons. The fourth-order valence-electron chi connectivity index (χ4n) is 2.41. The van der Waals surface area contributed by atoms with Crippen LogP contribution in [-0.2, 0) is 23.6 Å². The highest BCUT2D eigenvalue weighted by atomic mass is 127. The summed E-state index contributed by atoms with van der Waals surface area (Å²) >= 11 is 7.27. The summed E-state index contributed by atoms with van der Waals surface area (Å²) in [6.07, 6.45) is 1.85. The predicted molar refractivity (Wildman–Crippen MR) is 123 cm³/mol. The van der Waals surface area contributed by atoms with Gasteiger partial charge in [0.2, 0.25) is 10.0 Å². The van der Waals surface area contributed by atoms with E-state index in [0.29, 0.717) is 28.3 Å². The van der Waals surface area contributed by atoms with Gasteiger partial charge in [-0.3, -0.25) is 4.99 Å². The lowest BCUT2D eigenvalue weighted by Crippen LogP contribution is -2.42. The minimum Gasteiger partial charge on any atom is -0.355 e. The van der Waals surface area contributed by atoms with E-state index in [1.807, 2.05) is 42.7 Å². The van der Waals surface area contributed by atoms with Crippen molar-refractivity contribution in [1.29, 1.82) is 0 Å². The van der Waals surface area contributed by atoms with Gasteiger partial charge in [0.25, 0.3) is 0 Å². The summed E-state index contributed by atoms with van der Waals surface area (Å²) in [4.78, 5) is 7.14. The molecule has 0 amide bonds. The molecule has 0 unspecified atom stereocenters. The van der Waals surface area contributed by atoms with E-state index in [0.717, 1.165) is 10.6 Å². The lowest BCUT2D eigenvalue weighted by molar-refractivity contribution is 0.462. The molecule has 2 rings (SSSR count). The first-order valence-electron chi connectivity index (χ1n) is 8.01. The Morgan fingerprint density at radius 1 is 1.37 bits per heavy atom. The van der Waals surface area contributed by atoms with Crippen LogP contribution in [0.1, 0.15) is 10.6 Å². The number of sulfonamides is 1. The molecule has 0 saturated carbocycles. The number of guanidine groups is 1. The summed E-state index contributed by atoms with van der Waals surface area (Å²) in [6, 6.07) is 5.32. The fourth-order valence-corrected chi connectivity index (χ4v) is 5.05. The van der Waals surface area contributed by atoms with Gasteiger partial charge in [-0.15, -0.1) is 35.3 Å². The predicted octanol–water partition coefficient (Wildman–Crippen LogP) is 2.65. The number of aromatic nitrogens is 1. The molecule has 2 aromatic rings. The molecule has 0 bridgehead atoms. The molecule has 7 nitrogen and oxygen atoms in total. The number of halogens is 2. The van der Waals surface area contributed by atoms with E-state index in [1.165, 1.54) is 11.3 Å². The minimum absolute atomic E-state index is 0. The van der Waals surface area contributed by atoms with Crippen LogP contribution < -0.4 is 10.0 Å². The van der Waals surface area contributed by atoms with Gasteiger partial charge >= 0.3 is 0 Å². The lowest BCUT2D eigenvalue weighted by Gasteiger charge is -2.22. The average molecular weight is 546 g/mol. The Balaban J connectivity index is 0.00000364. The average Bonchev–Trinajstić information content (AvgIpc) is 3.13. The molecule has 2 N–H and O–H groups in total. The van der Waals surface area contributed by atoms with Gasteiger partial charge in [0.1, 0.15) is 4.21 Å². The third-order valence-electron chi connectivity index (χ3n) is 3.73. The maximum atomic E-state index is 12.2.